The van der Waals surface area contributed by atoms with Gasteiger partial charge in [-0.1, -0.05) is 29.3 Å². The van der Waals surface area contributed by atoms with Crippen LogP contribution in [-0.2, 0) is 4.79 Å². The van der Waals surface area contributed by atoms with E-state index in [0.717, 1.165) is 0 Å². The number of primary amides is 1. The van der Waals surface area contributed by atoms with E-state index in [0.29, 0.717) is 5.57 Å². The standard InChI is InChI=1S/C6H7Cl2NO/c1-4(6(9)10)2-3-5(7)8/h2-3H,1H3,(H2,9,10). The highest BCUT2D eigenvalue weighted by Crippen LogP contribution is 2.06. The molecule has 2 N–H and O–H groups in total. The number of amides is 1. The number of carbonyl (C=O) groups is 1. The molecule has 0 atom stereocenters. The van der Waals surface area contributed by atoms with E-state index in [-0.39, 0.29) is 4.49 Å². The summed E-state index contributed by atoms with van der Waals surface area (Å²) in [4.78, 5) is 10.4. The van der Waals surface area contributed by atoms with Crippen molar-refractivity contribution in [3.8, 4) is 0 Å². The first-order chi connectivity index (χ1) is 4.54. The molecule has 0 spiro atoms. The van der Waals surface area contributed by atoms with Crippen molar-refractivity contribution in [2.24, 2.45) is 5.73 Å². The van der Waals surface area contributed by atoms with Crippen LogP contribution in [0, 0.1) is 0 Å². The second-order valence-electron chi connectivity index (χ2n) is 1.67. The molecule has 56 valence electrons. The number of allylic oxidation sites excluding steroid dienone is 2. The van der Waals surface area contributed by atoms with Gasteiger partial charge in [0.25, 0.3) is 0 Å². The summed E-state index contributed by atoms with van der Waals surface area (Å²) in [5.74, 6) is -0.481. The van der Waals surface area contributed by atoms with E-state index in [1.807, 2.05) is 0 Å². The summed E-state index contributed by atoms with van der Waals surface area (Å²) in [5.41, 5.74) is 5.32. The van der Waals surface area contributed by atoms with Crippen LogP contribution in [0.4, 0.5) is 0 Å². The highest BCUT2D eigenvalue weighted by Gasteiger charge is 1.93. The minimum absolute atomic E-state index is 0.0978. The van der Waals surface area contributed by atoms with Gasteiger partial charge in [0.15, 0.2) is 0 Å². The lowest BCUT2D eigenvalue weighted by Gasteiger charge is -1.88. The minimum atomic E-state index is -0.481. The van der Waals surface area contributed by atoms with Crippen molar-refractivity contribution in [2.45, 2.75) is 6.92 Å². The first-order valence-electron chi connectivity index (χ1n) is 2.53. The van der Waals surface area contributed by atoms with Crippen molar-refractivity contribution in [2.75, 3.05) is 0 Å². The maximum atomic E-state index is 10.4. The molecule has 0 aliphatic carbocycles. The molecule has 0 saturated heterocycles. The summed E-state index contributed by atoms with van der Waals surface area (Å²) in [7, 11) is 0. The maximum Gasteiger partial charge on any atom is 0.244 e. The fourth-order valence-electron chi connectivity index (χ4n) is 0.270. The third-order valence-electron chi connectivity index (χ3n) is 0.848. The Morgan fingerprint density at radius 3 is 2.20 bits per heavy atom. The molecule has 0 aromatic carbocycles. The summed E-state index contributed by atoms with van der Waals surface area (Å²) in [6.07, 6.45) is 2.85. The summed E-state index contributed by atoms with van der Waals surface area (Å²) < 4.78 is 0.0978. The van der Waals surface area contributed by atoms with E-state index in [2.05, 4.69) is 0 Å². The van der Waals surface area contributed by atoms with Crippen LogP contribution in [0.1, 0.15) is 6.92 Å². The summed E-state index contributed by atoms with van der Waals surface area (Å²) in [6, 6.07) is 0. The lowest BCUT2D eigenvalue weighted by atomic mass is 10.3. The molecule has 1 amide bonds. The third kappa shape index (κ3) is 4.41. The molecule has 0 unspecified atom stereocenters. The summed E-state index contributed by atoms with van der Waals surface area (Å²) >= 11 is 10.5. The molecule has 0 saturated carbocycles. The Balaban J connectivity index is 4.19. The first kappa shape index (κ1) is 9.53. The van der Waals surface area contributed by atoms with Gasteiger partial charge in [-0.25, -0.2) is 0 Å². The largest absolute Gasteiger partial charge is 0.366 e. The molecule has 0 aliphatic rings. The van der Waals surface area contributed by atoms with Crippen molar-refractivity contribution >= 4 is 29.1 Å². The van der Waals surface area contributed by atoms with Crippen molar-refractivity contribution < 1.29 is 4.79 Å². The molecule has 0 radical (unpaired) electrons. The van der Waals surface area contributed by atoms with Gasteiger partial charge in [-0.3, -0.25) is 4.79 Å². The fourth-order valence-corrected chi connectivity index (χ4v) is 0.396. The molecule has 0 bridgehead atoms. The monoisotopic (exact) mass is 179 g/mol. The molecule has 4 heteroatoms. The fraction of sp³-hybridized carbons (Fsp3) is 0.167. The molecule has 0 rings (SSSR count). The Bertz CT molecular complexity index is 192. The van der Waals surface area contributed by atoms with Gasteiger partial charge in [0.05, 0.1) is 0 Å². The SMILES string of the molecule is CC(=CC=C(Cl)Cl)C(N)=O. The van der Waals surface area contributed by atoms with E-state index in [9.17, 15) is 4.79 Å². The molecule has 0 fully saturated rings. The summed E-state index contributed by atoms with van der Waals surface area (Å²) in [5, 5.41) is 0. The van der Waals surface area contributed by atoms with E-state index in [1.165, 1.54) is 12.2 Å². The number of carbonyl (C=O) groups excluding carboxylic acids is 1. The number of halogens is 2. The average molecular weight is 180 g/mol. The Morgan fingerprint density at radius 1 is 1.40 bits per heavy atom. The third-order valence-corrected chi connectivity index (χ3v) is 1.10. The van der Waals surface area contributed by atoms with Crippen LogP contribution < -0.4 is 5.73 Å². The van der Waals surface area contributed by atoms with E-state index < -0.39 is 5.91 Å². The van der Waals surface area contributed by atoms with Crippen molar-refractivity contribution in [1.82, 2.24) is 0 Å². The Hall–Kier alpha value is -0.470. The van der Waals surface area contributed by atoms with Crippen molar-refractivity contribution in [3.05, 3.63) is 22.2 Å². The first-order valence-corrected chi connectivity index (χ1v) is 3.29. The smallest absolute Gasteiger partial charge is 0.244 e. The summed E-state index contributed by atoms with van der Waals surface area (Å²) in [6.45, 7) is 1.58. The number of rotatable bonds is 2. The maximum absolute atomic E-state index is 10.4. The van der Waals surface area contributed by atoms with Crippen LogP contribution in [0.3, 0.4) is 0 Å². The molecule has 2 nitrogen and oxygen atoms in total. The molecular weight excluding hydrogens is 173 g/mol. The Morgan fingerprint density at radius 2 is 1.90 bits per heavy atom. The Labute approximate surface area is 69.3 Å². The van der Waals surface area contributed by atoms with Crippen LogP contribution in [0.15, 0.2) is 22.2 Å². The molecule has 10 heavy (non-hydrogen) atoms. The zero-order chi connectivity index (χ0) is 8.15. The Kier molecular flexibility index (Phi) is 4.16. The van der Waals surface area contributed by atoms with Gasteiger partial charge in [0.2, 0.25) is 5.91 Å². The molecule has 0 heterocycles. The predicted octanol–water partition coefficient (Wildman–Crippen LogP) is 1.74. The van der Waals surface area contributed by atoms with Crippen LogP contribution in [0.2, 0.25) is 0 Å². The van der Waals surface area contributed by atoms with Gasteiger partial charge in [0.1, 0.15) is 4.49 Å². The molecule has 0 aromatic heterocycles. The van der Waals surface area contributed by atoms with Gasteiger partial charge in [0, 0.05) is 5.57 Å². The highest BCUT2D eigenvalue weighted by molar-refractivity contribution is 6.56. The lowest BCUT2D eigenvalue weighted by Crippen LogP contribution is -2.11. The number of nitrogens with two attached hydrogens (primary N) is 1. The molecular formula is C6H7Cl2NO. The van der Waals surface area contributed by atoms with Gasteiger partial charge < -0.3 is 5.73 Å². The zero-order valence-electron chi connectivity index (χ0n) is 5.40. The number of hydrogen-bond donors (Lipinski definition) is 1. The minimum Gasteiger partial charge on any atom is -0.366 e. The second kappa shape index (κ2) is 4.36. The highest BCUT2D eigenvalue weighted by atomic mass is 35.5. The molecule has 0 aliphatic heterocycles. The van der Waals surface area contributed by atoms with Crippen LogP contribution in [0.25, 0.3) is 0 Å². The molecule has 0 aromatic rings. The van der Waals surface area contributed by atoms with E-state index in [4.69, 9.17) is 28.9 Å². The number of hydrogen-bond acceptors (Lipinski definition) is 1. The predicted molar refractivity (Wildman–Crippen MR) is 42.7 cm³/mol. The van der Waals surface area contributed by atoms with Crippen molar-refractivity contribution in [1.29, 1.82) is 0 Å². The van der Waals surface area contributed by atoms with E-state index in [1.54, 1.807) is 6.92 Å². The van der Waals surface area contributed by atoms with Gasteiger partial charge >= 0.3 is 0 Å². The quantitative estimate of drug-likeness (QED) is 0.510. The van der Waals surface area contributed by atoms with Crippen LogP contribution >= 0.6 is 23.2 Å². The van der Waals surface area contributed by atoms with Crippen LogP contribution in [-0.4, -0.2) is 5.91 Å². The van der Waals surface area contributed by atoms with E-state index >= 15 is 0 Å². The normalized spacial score (nSPS) is 10.9. The lowest BCUT2D eigenvalue weighted by molar-refractivity contribution is -0.114. The van der Waals surface area contributed by atoms with Gasteiger partial charge in [-0.2, -0.15) is 0 Å². The van der Waals surface area contributed by atoms with Gasteiger partial charge in [-0.15, -0.1) is 0 Å². The van der Waals surface area contributed by atoms with Gasteiger partial charge in [-0.05, 0) is 13.0 Å². The van der Waals surface area contributed by atoms with Crippen LogP contribution in [0.5, 0.6) is 0 Å². The zero-order valence-corrected chi connectivity index (χ0v) is 6.91. The average Bonchev–Trinajstić information content (AvgIpc) is 1.82. The second-order valence-corrected chi connectivity index (χ2v) is 2.68. The van der Waals surface area contributed by atoms with Crippen molar-refractivity contribution in [3.63, 3.8) is 0 Å². The topological polar surface area (TPSA) is 43.1 Å².